The lowest BCUT2D eigenvalue weighted by Crippen LogP contribution is -2.39. The van der Waals surface area contributed by atoms with Crippen LogP contribution in [0.3, 0.4) is 0 Å². The molecule has 2 aliphatic heterocycles. The first kappa shape index (κ1) is 28.5. The molecule has 1 N–H and O–H groups in total. The lowest BCUT2D eigenvalue weighted by atomic mass is 9.92. The number of benzene rings is 2. The van der Waals surface area contributed by atoms with Crippen LogP contribution < -0.4 is 4.90 Å². The van der Waals surface area contributed by atoms with Gasteiger partial charge < -0.3 is 14.9 Å². The van der Waals surface area contributed by atoms with Crippen LogP contribution in [-0.4, -0.2) is 56.4 Å². The van der Waals surface area contributed by atoms with Crippen LogP contribution in [0.4, 0.5) is 5.69 Å². The number of carbonyl (C=O) groups is 2. The molecular formula is C31H38BrN5O3. The summed E-state index contributed by atoms with van der Waals surface area (Å²) in [5, 5.41) is 20.3. The van der Waals surface area contributed by atoms with E-state index in [9.17, 15) is 14.7 Å². The number of anilines is 1. The van der Waals surface area contributed by atoms with Crippen LogP contribution in [0, 0.1) is 33.6 Å². The number of halogens is 1. The summed E-state index contributed by atoms with van der Waals surface area (Å²) in [5.41, 5.74) is 5.82. The van der Waals surface area contributed by atoms with Crippen molar-refractivity contribution in [3.63, 3.8) is 0 Å². The molecule has 3 aromatic rings. The van der Waals surface area contributed by atoms with Crippen molar-refractivity contribution in [2.24, 2.45) is 5.92 Å². The Labute approximate surface area is 244 Å². The van der Waals surface area contributed by atoms with Gasteiger partial charge in [-0.3, -0.25) is 9.59 Å². The van der Waals surface area contributed by atoms with Gasteiger partial charge in [0.15, 0.2) is 0 Å². The van der Waals surface area contributed by atoms with E-state index in [4.69, 9.17) is 0 Å². The predicted octanol–water partition coefficient (Wildman–Crippen LogP) is 5.14. The Morgan fingerprint density at radius 1 is 1.07 bits per heavy atom. The monoisotopic (exact) mass is 607 g/mol. The Kier molecular flexibility index (Phi) is 7.90. The van der Waals surface area contributed by atoms with Gasteiger partial charge in [-0.1, -0.05) is 51.0 Å². The Hall–Kier alpha value is -3.04. The Balaban J connectivity index is 1.26. The van der Waals surface area contributed by atoms with Crippen molar-refractivity contribution in [1.82, 2.24) is 19.9 Å². The second kappa shape index (κ2) is 11.1. The first-order valence-electron chi connectivity index (χ1n) is 14.0. The number of likely N-dealkylation sites (tertiary alicyclic amines) is 1. The van der Waals surface area contributed by atoms with Crippen LogP contribution in [0.5, 0.6) is 0 Å². The highest BCUT2D eigenvalue weighted by molar-refractivity contribution is 9.10. The van der Waals surface area contributed by atoms with Gasteiger partial charge in [0.05, 0.1) is 18.2 Å². The fraction of sp³-hybridized carbons (Fsp3) is 0.484. The van der Waals surface area contributed by atoms with E-state index in [-0.39, 0.29) is 30.2 Å². The van der Waals surface area contributed by atoms with Crippen molar-refractivity contribution in [1.29, 1.82) is 0 Å². The third-order valence-electron chi connectivity index (χ3n) is 8.55. The summed E-state index contributed by atoms with van der Waals surface area (Å²) >= 11 is 3.55. The van der Waals surface area contributed by atoms with E-state index in [1.165, 1.54) is 0 Å². The molecule has 3 heterocycles. The van der Waals surface area contributed by atoms with E-state index >= 15 is 0 Å². The van der Waals surface area contributed by atoms with Crippen molar-refractivity contribution in [3.8, 4) is 0 Å². The van der Waals surface area contributed by atoms with Gasteiger partial charge >= 0.3 is 0 Å². The SMILES string of the molecule is Cc1cc(C)c(N2CC(C(=O)N3CCCC(O)(c4cn([C@H](C)c5ccc(Br)c(C)c5)nn4)CC3)CC2=O)c(C)c1. The molecule has 0 spiro atoms. The number of aromatic nitrogens is 3. The molecule has 1 aromatic heterocycles. The molecule has 2 aromatic carbocycles. The number of hydrogen-bond acceptors (Lipinski definition) is 5. The van der Waals surface area contributed by atoms with Crippen LogP contribution in [0.25, 0.3) is 0 Å². The third-order valence-corrected chi connectivity index (χ3v) is 9.44. The molecule has 0 aliphatic carbocycles. The van der Waals surface area contributed by atoms with Gasteiger partial charge in [-0.25, -0.2) is 4.68 Å². The molecule has 40 heavy (non-hydrogen) atoms. The number of aliphatic hydroxyl groups is 1. The van der Waals surface area contributed by atoms with Crippen LogP contribution >= 0.6 is 15.9 Å². The zero-order valence-corrected chi connectivity index (χ0v) is 25.5. The van der Waals surface area contributed by atoms with Gasteiger partial charge in [0.25, 0.3) is 0 Å². The van der Waals surface area contributed by atoms with Gasteiger partial charge in [0, 0.05) is 36.2 Å². The first-order valence-corrected chi connectivity index (χ1v) is 14.8. The highest BCUT2D eigenvalue weighted by Gasteiger charge is 2.41. The lowest BCUT2D eigenvalue weighted by molar-refractivity contribution is -0.136. The molecule has 212 valence electrons. The predicted molar refractivity (Wildman–Crippen MR) is 158 cm³/mol. The summed E-state index contributed by atoms with van der Waals surface area (Å²) in [6, 6.07) is 10.3. The maximum absolute atomic E-state index is 13.6. The van der Waals surface area contributed by atoms with Gasteiger partial charge in [0.1, 0.15) is 11.3 Å². The summed E-state index contributed by atoms with van der Waals surface area (Å²) in [7, 11) is 0. The van der Waals surface area contributed by atoms with Gasteiger partial charge in [-0.2, -0.15) is 0 Å². The molecule has 2 aliphatic rings. The van der Waals surface area contributed by atoms with Gasteiger partial charge in [0.2, 0.25) is 11.8 Å². The van der Waals surface area contributed by atoms with Crippen LogP contribution in [0.1, 0.15) is 72.2 Å². The van der Waals surface area contributed by atoms with E-state index in [0.29, 0.717) is 44.6 Å². The zero-order valence-electron chi connectivity index (χ0n) is 23.9. The van der Waals surface area contributed by atoms with Crippen LogP contribution in [0.15, 0.2) is 41.0 Å². The number of hydrogen-bond donors (Lipinski definition) is 1. The fourth-order valence-corrected chi connectivity index (χ4v) is 6.55. The first-order chi connectivity index (χ1) is 19.0. The minimum absolute atomic E-state index is 0.00793. The second-order valence-electron chi connectivity index (χ2n) is 11.6. The highest BCUT2D eigenvalue weighted by atomic mass is 79.9. The second-order valence-corrected chi connectivity index (χ2v) is 12.5. The summed E-state index contributed by atoms with van der Waals surface area (Å²) in [6.07, 6.45) is 3.58. The van der Waals surface area contributed by atoms with E-state index in [1.807, 2.05) is 37.9 Å². The maximum atomic E-state index is 13.6. The molecule has 0 radical (unpaired) electrons. The summed E-state index contributed by atoms with van der Waals surface area (Å²) in [4.78, 5) is 30.2. The van der Waals surface area contributed by atoms with Crippen molar-refractivity contribution in [3.05, 3.63) is 74.5 Å². The van der Waals surface area contributed by atoms with Crippen LogP contribution in [-0.2, 0) is 15.2 Å². The zero-order chi connectivity index (χ0) is 28.8. The smallest absolute Gasteiger partial charge is 0.228 e. The van der Waals surface area contributed by atoms with Crippen molar-refractivity contribution in [2.75, 3.05) is 24.5 Å². The van der Waals surface area contributed by atoms with E-state index in [1.54, 1.807) is 9.58 Å². The Morgan fingerprint density at radius 3 is 2.50 bits per heavy atom. The summed E-state index contributed by atoms with van der Waals surface area (Å²) < 4.78 is 2.85. The average Bonchev–Trinajstić information content (AvgIpc) is 3.49. The topological polar surface area (TPSA) is 91.6 Å². The van der Waals surface area contributed by atoms with Crippen molar-refractivity contribution >= 4 is 33.4 Å². The number of amides is 2. The van der Waals surface area contributed by atoms with Gasteiger partial charge in [-0.05, 0) is 82.2 Å². The molecule has 2 amide bonds. The van der Waals surface area contributed by atoms with Crippen molar-refractivity contribution < 1.29 is 14.7 Å². The molecule has 2 unspecified atom stereocenters. The van der Waals surface area contributed by atoms with E-state index in [0.717, 1.165) is 38.0 Å². The van der Waals surface area contributed by atoms with Crippen LogP contribution in [0.2, 0.25) is 0 Å². The molecule has 2 fully saturated rings. The van der Waals surface area contributed by atoms with Crippen molar-refractivity contribution in [2.45, 2.75) is 71.9 Å². The molecule has 0 saturated carbocycles. The molecule has 0 bridgehead atoms. The molecular weight excluding hydrogens is 570 g/mol. The standard InChI is InChI=1S/C31H38BrN5O3/c1-19-13-21(3)29(22(4)14-19)36-17-25(16-28(36)38)30(39)35-11-6-9-31(40,10-12-35)27-18-37(34-33-27)23(5)24-7-8-26(32)20(2)15-24/h7-8,13-15,18,23,25,40H,6,9-12,16-17H2,1-5H3/t23-,25?,31?/m1/s1. The number of nitrogens with zero attached hydrogens (tertiary/aromatic N) is 5. The minimum atomic E-state index is -1.16. The average molecular weight is 609 g/mol. The Bertz CT molecular complexity index is 1430. The molecule has 8 nitrogen and oxygen atoms in total. The number of aryl methyl sites for hydroxylation is 4. The quantitative estimate of drug-likeness (QED) is 0.434. The lowest BCUT2D eigenvalue weighted by Gasteiger charge is -2.26. The third kappa shape index (κ3) is 5.46. The number of carbonyl (C=O) groups excluding carboxylic acids is 2. The van der Waals surface area contributed by atoms with E-state index < -0.39 is 5.60 Å². The number of rotatable bonds is 5. The largest absolute Gasteiger partial charge is 0.383 e. The minimum Gasteiger partial charge on any atom is -0.383 e. The summed E-state index contributed by atoms with van der Waals surface area (Å²) in [6.45, 7) is 11.6. The van der Waals surface area contributed by atoms with Gasteiger partial charge in [-0.15, -0.1) is 5.10 Å². The maximum Gasteiger partial charge on any atom is 0.228 e. The summed E-state index contributed by atoms with van der Waals surface area (Å²) in [5.74, 6) is -0.397. The molecule has 5 rings (SSSR count). The molecule has 9 heteroatoms. The Morgan fingerprint density at radius 2 is 1.80 bits per heavy atom. The highest BCUT2D eigenvalue weighted by Crippen LogP contribution is 2.35. The van der Waals surface area contributed by atoms with E-state index in [2.05, 4.69) is 64.4 Å². The molecule has 2 saturated heterocycles. The molecule has 3 atom stereocenters. The normalized spacial score (nSPS) is 22.5. The fourth-order valence-electron chi connectivity index (χ4n) is 6.30.